The maximum absolute atomic E-state index is 12.2. The van der Waals surface area contributed by atoms with Gasteiger partial charge in [0.25, 0.3) is 17.5 Å². The van der Waals surface area contributed by atoms with Crippen LogP contribution in [0.3, 0.4) is 0 Å². The Morgan fingerprint density at radius 3 is 2.34 bits per heavy atom. The molecule has 0 aliphatic carbocycles. The predicted octanol–water partition coefficient (Wildman–Crippen LogP) is 2.58. The van der Waals surface area contributed by atoms with Gasteiger partial charge in [-0.05, 0) is 48.5 Å². The largest absolute Gasteiger partial charge is 0.493 e. The summed E-state index contributed by atoms with van der Waals surface area (Å²) in [7, 11) is 0. The number of hydrazine groups is 1. The van der Waals surface area contributed by atoms with Crippen molar-refractivity contribution in [1.29, 1.82) is 0 Å². The molecule has 2 rings (SSSR count). The Morgan fingerprint density at radius 1 is 1.07 bits per heavy atom. The minimum atomic E-state index is -0.763. The number of hydrogen-bond acceptors (Lipinski definition) is 6. The van der Waals surface area contributed by atoms with Gasteiger partial charge in [-0.3, -0.25) is 35.9 Å². The van der Waals surface area contributed by atoms with E-state index in [1.807, 2.05) is 13.8 Å². The molecule has 0 aliphatic heterocycles. The van der Waals surface area contributed by atoms with Crippen molar-refractivity contribution in [3.05, 3.63) is 69.8 Å². The van der Waals surface area contributed by atoms with Crippen molar-refractivity contribution >= 4 is 34.8 Å². The summed E-state index contributed by atoms with van der Waals surface area (Å²) < 4.78 is 5.55. The van der Waals surface area contributed by atoms with Crippen LogP contribution in [0.25, 0.3) is 0 Å². The highest BCUT2D eigenvalue weighted by molar-refractivity contribution is 7.80. The first-order valence-corrected chi connectivity index (χ1v) is 9.06. The number of nitro benzene ring substituents is 1. The molecule has 0 spiro atoms. The van der Waals surface area contributed by atoms with E-state index < -0.39 is 16.7 Å². The van der Waals surface area contributed by atoms with Crippen LogP contribution in [-0.4, -0.2) is 28.5 Å². The summed E-state index contributed by atoms with van der Waals surface area (Å²) in [6.07, 6.45) is 0. The molecular formula is C19H20N4O5S. The number of amides is 2. The van der Waals surface area contributed by atoms with E-state index in [2.05, 4.69) is 16.2 Å². The second-order valence-corrected chi connectivity index (χ2v) is 6.77. The molecule has 2 amide bonds. The van der Waals surface area contributed by atoms with Gasteiger partial charge < -0.3 is 4.74 Å². The number of hydrogen-bond donors (Lipinski definition) is 3. The predicted molar refractivity (Wildman–Crippen MR) is 111 cm³/mol. The first kappa shape index (κ1) is 21.8. The Bertz CT molecular complexity index is 915. The van der Waals surface area contributed by atoms with Crippen molar-refractivity contribution in [2.45, 2.75) is 13.8 Å². The lowest BCUT2D eigenvalue weighted by Gasteiger charge is -2.12. The number of rotatable bonds is 6. The summed E-state index contributed by atoms with van der Waals surface area (Å²) in [5.41, 5.74) is 4.42. The number of nitro groups is 1. The molecule has 0 atom stereocenters. The number of benzene rings is 2. The highest BCUT2D eigenvalue weighted by atomic mass is 32.1. The lowest BCUT2D eigenvalue weighted by atomic mass is 10.2. The van der Waals surface area contributed by atoms with Crippen LogP contribution in [0.4, 0.5) is 5.69 Å². The van der Waals surface area contributed by atoms with Crippen LogP contribution in [0.15, 0.2) is 48.5 Å². The van der Waals surface area contributed by atoms with E-state index in [0.717, 1.165) is 0 Å². The average molecular weight is 416 g/mol. The van der Waals surface area contributed by atoms with Crippen molar-refractivity contribution in [3.63, 3.8) is 0 Å². The Balaban J connectivity index is 1.88. The molecule has 0 aromatic heterocycles. The van der Waals surface area contributed by atoms with Crippen LogP contribution in [0.5, 0.6) is 5.75 Å². The molecule has 0 aliphatic rings. The summed E-state index contributed by atoms with van der Waals surface area (Å²) in [6, 6.07) is 12.0. The zero-order valence-corrected chi connectivity index (χ0v) is 16.6. The van der Waals surface area contributed by atoms with Crippen LogP contribution in [0.2, 0.25) is 0 Å². The monoisotopic (exact) mass is 416 g/mol. The fourth-order valence-corrected chi connectivity index (χ4v) is 2.32. The first-order chi connectivity index (χ1) is 13.8. The maximum Gasteiger partial charge on any atom is 0.282 e. The number of carbonyl (C=O) groups excluding carboxylic acids is 2. The Labute approximate surface area is 172 Å². The quantitative estimate of drug-likeness (QED) is 0.376. The van der Waals surface area contributed by atoms with Crippen molar-refractivity contribution in [3.8, 4) is 5.75 Å². The number of nitrogens with zero attached hydrogens (tertiary/aromatic N) is 1. The van der Waals surface area contributed by atoms with Gasteiger partial charge in [-0.15, -0.1) is 0 Å². The number of para-hydroxylation sites is 1. The molecule has 0 fully saturated rings. The lowest BCUT2D eigenvalue weighted by molar-refractivity contribution is -0.385. The third kappa shape index (κ3) is 6.54. The van der Waals surface area contributed by atoms with E-state index >= 15 is 0 Å². The van der Waals surface area contributed by atoms with Crippen molar-refractivity contribution in [2.75, 3.05) is 6.61 Å². The maximum atomic E-state index is 12.2. The highest BCUT2D eigenvalue weighted by Gasteiger charge is 2.19. The van der Waals surface area contributed by atoms with Crippen LogP contribution in [0, 0.1) is 16.0 Å². The van der Waals surface area contributed by atoms with Gasteiger partial charge >= 0.3 is 0 Å². The Kier molecular flexibility index (Phi) is 7.61. The van der Waals surface area contributed by atoms with Crippen LogP contribution < -0.4 is 20.9 Å². The number of thiocarbonyl (C=S) groups is 1. The Hall–Kier alpha value is -3.53. The molecule has 2 aromatic carbocycles. The molecule has 0 saturated heterocycles. The van der Waals surface area contributed by atoms with Gasteiger partial charge in [0.05, 0.1) is 11.5 Å². The molecule has 9 nitrogen and oxygen atoms in total. The van der Waals surface area contributed by atoms with Crippen molar-refractivity contribution < 1.29 is 19.2 Å². The van der Waals surface area contributed by atoms with E-state index in [0.29, 0.717) is 23.8 Å². The van der Waals surface area contributed by atoms with Gasteiger partial charge in [-0.25, -0.2) is 0 Å². The van der Waals surface area contributed by atoms with Crippen LogP contribution >= 0.6 is 12.2 Å². The summed E-state index contributed by atoms with van der Waals surface area (Å²) in [6.45, 7) is 4.63. The van der Waals surface area contributed by atoms with E-state index in [9.17, 15) is 19.7 Å². The standard InChI is InChI=1S/C19H20N4O5S/c1-12(2)11-28-14-9-7-13(8-10-14)17(24)20-19(29)22-21-18(25)15-5-3-4-6-16(15)23(26)27/h3-10,12H,11H2,1-2H3,(H,21,25)(H2,20,22,24,29). The van der Waals surface area contributed by atoms with Gasteiger partial charge in [0.2, 0.25) is 0 Å². The fourth-order valence-electron chi connectivity index (χ4n) is 2.18. The van der Waals surface area contributed by atoms with Gasteiger partial charge in [-0.1, -0.05) is 26.0 Å². The molecule has 3 N–H and O–H groups in total. The lowest BCUT2D eigenvalue weighted by Crippen LogP contribution is -2.48. The molecule has 0 saturated carbocycles. The molecule has 0 radical (unpaired) electrons. The molecule has 2 aromatic rings. The second-order valence-electron chi connectivity index (χ2n) is 6.37. The zero-order chi connectivity index (χ0) is 21.4. The zero-order valence-electron chi connectivity index (χ0n) is 15.8. The highest BCUT2D eigenvalue weighted by Crippen LogP contribution is 2.17. The van der Waals surface area contributed by atoms with E-state index in [4.69, 9.17) is 17.0 Å². The first-order valence-electron chi connectivity index (χ1n) is 8.66. The van der Waals surface area contributed by atoms with Crippen LogP contribution in [0.1, 0.15) is 34.6 Å². The minimum absolute atomic E-state index is 0.142. The Morgan fingerprint density at radius 2 is 1.72 bits per heavy atom. The summed E-state index contributed by atoms with van der Waals surface area (Å²) >= 11 is 4.96. The average Bonchev–Trinajstić information content (AvgIpc) is 2.70. The van der Waals surface area contributed by atoms with Crippen LogP contribution in [-0.2, 0) is 0 Å². The third-order valence-corrected chi connectivity index (χ3v) is 3.77. The normalized spacial score (nSPS) is 10.2. The van der Waals surface area contributed by atoms with E-state index in [1.54, 1.807) is 24.3 Å². The number of ether oxygens (including phenoxy) is 1. The van der Waals surface area contributed by atoms with E-state index in [1.165, 1.54) is 24.3 Å². The number of nitrogens with one attached hydrogen (secondary N) is 3. The fraction of sp³-hybridized carbons (Fsp3) is 0.211. The summed E-state index contributed by atoms with van der Waals surface area (Å²) in [5, 5.41) is 13.2. The molecule has 152 valence electrons. The van der Waals surface area contributed by atoms with Gasteiger partial charge in [0.15, 0.2) is 5.11 Å². The molecule has 0 heterocycles. The van der Waals surface area contributed by atoms with Gasteiger partial charge in [0, 0.05) is 11.6 Å². The van der Waals surface area contributed by atoms with Crippen molar-refractivity contribution in [2.24, 2.45) is 5.92 Å². The SMILES string of the molecule is CC(C)COc1ccc(C(=O)NC(=S)NNC(=O)c2ccccc2[N+](=O)[O-])cc1. The molecular weight excluding hydrogens is 396 g/mol. The smallest absolute Gasteiger partial charge is 0.282 e. The van der Waals surface area contributed by atoms with Gasteiger partial charge in [0.1, 0.15) is 11.3 Å². The third-order valence-electron chi connectivity index (χ3n) is 3.56. The molecule has 0 unspecified atom stereocenters. The second kappa shape index (κ2) is 10.1. The van der Waals surface area contributed by atoms with Crippen molar-refractivity contribution in [1.82, 2.24) is 16.2 Å². The van der Waals surface area contributed by atoms with E-state index in [-0.39, 0.29) is 16.4 Å². The number of carbonyl (C=O) groups is 2. The van der Waals surface area contributed by atoms with Gasteiger partial charge in [-0.2, -0.15) is 0 Å². The summed E-state index contributed by atoms with van der Waals surface area (Å²) in [5.74, 6) is -0.222. The molecule has 10 heteroatoms. The summed E-state index contributed by atoms with van der Waals surface area (Å²) in [4.78, 5) is 34.6. The molecule has 29 heavy (non-hydrogen) atoms. The molecule has 0 bridgehead atoms. The topological polar surface area (TPSA) is 123 Å². The minimum Gasteiger partial charge on any atom is -0.493 e.